The summed E-state index contributed by atoms with van der Waals surface area (Å²) in [6, 6.07) is 9.15. The second kappa shape index (κ2) is 5.96. The van der Waals surface area contributed by atoms with Gasteiger partial charge in [0.1, 0.15) is 0 Å². The monoisotopic (exact) mass is 355 g/mol. The SMILES string of the molecule is C#Cc1ccc(NS(=O)(=O)c2cc3[nH]c(=O)c(=O)[nH]c3cc2C)cc1. The molecule has 126 valence electrons. The van der Waals surface area contributed by atoms with E-state index >= 15 is 0 Å². The van der Waals surface area contributed by atoms with Crippen molar-refractivity contribution in [1.29, 1.82) is 0 Å². The molecular weight excluding hydrogens is 342 g/mol. The minimum Gasteiger partial charge on any atom is -0.316 e. The van der Waals surface area contributed by atoms with Gasteiger partial charge in [0.05, 0.1) is 15.9 Å². The highest BCUT2D eigenvalue weighted by Crippen LogP contribution is 2.22. The Labute approximate surface area is 142 Å². The average molecular weight is 355 g/mol. The van der Waals surface area contributed by atoms with Crippen molar-refractivity contribution in [1.82, 2.24) is 9.97 Å². The third kappa shape index (κ3) is 3.18. The fourth-order valence-corrected chi connectivity index (χ4v) is 3.70. The van der Waals surface area contributed by atoms with E-state index in [0.29, 0.717) is 22.3 Å². The van der Waals surface area contributed by atoms with E-state index in [1.807, 2.05) is 0 Å². The first-order valence-corrected chi connectivity index (χ1v) is 8.65. The summed E-state index contributed by atoms with van der Waals surface area (Å²) in [6.07, 6.45) is 5.27. The lowest BCUT2D eigenvalue weighted by Crippen LogP contribution is -2.29. The molecule has 0 saturated heterocycles. The molecule has 0 saturated carbocycles. The molecule has 8 heteroatoms. The fourth-order valence-electron chi connectivity index (χ4n) is 2.39. The van der Waals surface area contributed by atoms with Crippen LogP contribution >= 0.6 is 0 Å². The summed E-state index contributed by atoms with van der Waals surface area (Å²) in [4.78, 5) is 27.6. The van der Waals surface area contributed by atoms with E-state index in [9.17, 15) is 18.0 Å². The van der Waals surface area contributed by atoms with Crippen LogP contribution in [0.25, 0.3) is 11.0 Å². The Morgan fingerprint density at radius 1 is 1.00 bits per heavy atom. The van der Waals surface area contributed by atoms with E-state index in [1.165, 1.54) is 12.1 Å². The normalized spacial score (nSPS) is 11.2. The Balaban J connectivity index is 2.08. The molecule has 1 aromatic heterocycles. The van der Waals surface area contributed by atoms with Crippen LogP contribution in [0, 0.1) is 19.3 Å². The topological polar surface area (TPSA) is 112 Å². The van der Waals surface area contributed by atoms with Crippen LogP contribution in [0.5, 0.6) is 0 Å². The van der Waals surface area contributed by atoms with Crippen LogP contribution < -0.4 is 15.8 Å². The first kappa shape index (κ1) is 16.5. The summed E-state index contributed by atoms with van der Waals surface area (Å²) in [7, 11) is -3.89. The van der Waals surface area contributed by atoms with Crippen LogP contribution in [0.1, 0.15) is 11.1 Å². The first-order valence-electron chi connectivity index (χ1n) is 7.16. The number of sulfonamides is 1. The lowest BCUT2D eigenvalue weighted by molar-refractivity contribution is 0.600. The summed E-state index contributed by atoms with van der Waals surface area (Å²) in [6.45, 7) is 1.60. The zero-order chi connectivity index (χ0) is 18.2. The van der Waals surface area contributed by atoms with Gasteiger partial charge in [0.2, 0.25) is 0 Å². The van der Waals surface area contributed by atoms with Gasteiger partial charge in [-0.15, -0.1) is 6.42 Å². The highest BCUT2D eigenvalue weighted by atomic mass is 32.2. The molecule has 0 unspecified atom stereocenters. The van der Waals surface area contributed by atoms with E-state index in [-0.39, 0.29) is 10.4 Å². The number of aryl methyl sites for hydroxylation is 1. The van der Waals surface area contributed by atoms with Gasteiger partial charge in [-0.05, 0) is 48.9 Å². The first-order chi connectivity index (χ1) is 11.8. The Bertz CT molecular complexity index is 1230. The standard InChI is InChI=1S/C17H13N3O4S/c1-3-11-4-6-12(7-5-11)20-25(23,24)15-9-14-13(8-10(15)2)18-16(21)17(22)19-14/h1,4-9,20H,2H3,(H,18,21)(H,19,22). The van der Waals surface area contributed by atoms with Crippen molar-refractivity contribution in [2.24, 2.45) is 0 Å². The Morgan fingerprint density at radius 2 is 1.56 bits per heavy atom. The Morgan fingerprint density at radius 3 is 2.12 bits per heavy atom. The zero-order valence-electron chi connectivity index (χ0n) is 13.1. The van der Waals surface area contributed by atoms with E-state index in [2.05, 4.69) is 20.6 Å². The molecule has 0 aliphatic carbocycles. The molecular formula is C17H13N3O4S. The minimum absolute atomic E-state index is 0.0104. The molecule has 25 heavy (non-hydrogen) atoms. The molecule has 3 rings (SSSR count). The summed E-state index contributed by atoms with van der Waals surface area (Å²) < 4.78 is 27.8. The zero-order valence-corrected chi connectivity index (χ0v) is 13.9. The molecule has 2 aromatic carbocycles. The van der Waals surface area contributed by atoms with Gasteiger partial charge in [-0.25, -0.2) is 8.42 Å². The number of benzene rings is 2. The molecule has 0 aliphatic heterocycles. The molecule has 0 aliphatic rings. The van der Waals surface area contributed by atoms with Gasteiger partial charge < -0.3 is 9.97 Å². The van der Waals surface area contributed by atoms with Gasteiger partial charge in [0, 0.05) is 11.3 Å². The predicted molar refractivity (Wildman–Crippen MR) is 95.1 cm³/mol. The maximum atomic E-state index is 12.7. The van der Waals surface area contributed by atoms with Gasteiger partial charge in [0.15, 0.2) is 0 Å². The maximum absolute atomic E-state index is 12.7. The number of fused-ring (bicyclic) bond motifs is 1. The molecule has 7 nitrogen and oxygen atoms in total. The number of nitrogens with one attached hydrogen (secondary N) is 3. The number of terminal acetylenes is 1. The third-order valence-corrected chi connectivity index (χ3v) is 5.13. The highest BCUT2D eigenvalue weighted by Gasteiger charge is 2.18. The van der Waals surface area contributed by atoms with Crippen LogP contribution in [0.3, 0.4) is 0 Å². The summed E-state index contributed by atoms with van der Waals surface area (Å²) in [5.74, 6) is 2.45. The molecule has 3 N–H and O–H groups in total. The van der Waals surface area contributed by atoms with E-state index in [1.54, 1.807) is 31.2 Å². The largest absolute Gasteiger partial charge is 0.316 e. The predicted octanol–water partition coefficient (Wildman–Crippen LogP) is 1.31. The summed E-state index contributed by atoms with van der Waals surface area (Å²) in [5, 5.41) is 0. The van der Waals surface area contributed by atoms with Crippen molar-refractivity contribution in [2.45, 2.75) is 11.8 Å². The molecule has 1 heterocycles. The van der Waals surface area contributed by atoms with Crippen LogP contribution in [-0.4, -0.2) is 18.4 Å². The number of aromatic nitrogens is 2. The van der Waals surface area contributed by atoms with Crippen molar-refractivity contribution in [2.75, 3.05) is 4.72 Å². The minimum atomic E-state index is -3.89. The quantitative estimate of drug-likeness (QED) is 0.486. The second-order valence-corrected chi connectivity index (χ2v) is 7.05. The van der Waals surface area contributed by atoms with Crippen molar-refractivity contribution < 1.29 is 8.42 Å². The number of hydrogen-bond acceptors (Lipinski definition) is 4. The van der Waals surface area contributed by atoms with Crippen LogP contribution in [-0.2, 0) is 10.0 Å². The van der Waals surface area contributed by atoms with Crippen LogP contribution in [0.15, 0.2) is 50.9 Å². The lowest BCUT2D eigenvalue weighted by atomic mass is 10.2. The van der Waals surface area contributed by atoms with E-state index < -0.39 is 21.1 Å². The molecule has 0 fully saturated rings. The smallest absolute Gasteiger partial charge is 0.314 e. The average Bonchev–Trinajstić information content (AvgIpc) is 2.56. The van der Waals surface area contributed by atoms with Gasteiger partial charge in [-0.1, -0.05) is 5.92 Å². The summed E-state index contributed by atoms with van der Waals surface area (Å²) >= 11 is 0. The third-order valence-electron chi connectivity index (χ3n) is 3.61. The fraction of sp³-hybridized carbons (Fsp3) is 0.0588. The molecule has 0 atom stereocenters. The summed E-state index contributed by atoms with van der Waals surface area (Å²) in [5.41, 5.74) is 0.326. The second-order valence-electron chi connectivity index (χ2n) is 5.40. The number of rotatable bonds is 3. The number of anilines is 1. The Kier molecular flexibility index (Phi) is 3.94. The van der Waals surface area contributed by atoms with E-state index in [0.717, 1.165) is 0 Å². The molecule has 0 bridgehead atoms. The van der Waals surface area contributed by atoms with Gasteiger partial charge in [0.25, 0.3) is 10.0 Å². The van der Waals surface area contributed by atoms with Crippen molar-refractivity contribution in [3.05, 3.63) is 68.2 Å². The van der Waals surface area contributed by atoms with Gasteiger partial charge >= 0.3 is 11.1 Å². The van der Waals surface area contributed by atoms with E-state index in [4.69, 9.17) is 6.42 Å². The number of aromatic amines is 2. The molecule has 3 aromatic rings. The van der Waals surface area contributed by atoms with Gasteiger partial charge in [-0.2, -0.15) is 0 Å². The molecule has 0 radical (unpaired) electrons. The van der Waals surface area contributed by atoms with Crippen molar-refractivity contribution in [3.8, 4) is 12.3 Å². The van der Waals surface area contributed by atoms with Crippen molar-refractivity contribution in [3.63, 3.8) is 0 Å². The number of hydrogen-bond donors (Lipinski definition) is 3. The van der Waals surface area contributed by atoms with Crippen LogP contribution in [0.4, 0.5) is 5.69 Å². The molecule has 0 amide bonds. The van der Waals surface area contributed by atoms with Crippen molar-refractivity contribution >= 4 is 26.7 Å². The molecule has 0 spiro atoms. The highest BCUT2D eigenvalue weighted by molar-refractivity contribution is 7.92. The lowest BCUT2D eigenvalue weighted by Gasteiger charge is -2.11. The Hall–Kier alpha value is -3.31. The number of H-pyrrole nitrogens is 2. The maximum Gasteiger partial charge on any atom is 0.314 e. The van der Waals surface area contributed by atoms with Crippen LogP contribution in [0.2, 0.25) is 0 Å². The van der Waals surface area contributed by atoms with Gasteiger partial charge in [-0.3, -0.25) is 14.3 Å².